The molecule has 4 amide bonds. The van der Waals surface area contributed by atoms with Gasteiger partial charge in [-0.3, -0.25) is 24.5 Å². The van der Waals surface area contributed by atoms with Crippen LogP contribution in [0.5, 0.6) is 0 Å². The summed E-state index contributed by atoms with van der Waals surface area (Å²) in [4.78, 5) is 65.5. The van der Waals surface area contributed by atoms with Gasteiger partial charge in [-0.1, -0.05) is 0 Å². The summed E-state index contributed by atoms with van der Waals surface area (Å²) >= 11 is 0. The molecule has 1 aliphatic carbocycles. The number of piperidine rings is 2. The third kappa shape index (κ3) is 4.23. The Bertz CT molecular complexity index is 1150. The van der Waals surface area contributed by atoms with Crippen LogP contribution in [0.2, 0.25) is 0 Å². The number of carbonyl (C=O) groups excluding carboxylic acids is 4. The molecule has 4 heterocycles. The van der Waals surface area contributed by atoms with Crippen LogP contribution in [0.3, 0.4) is 0 Å². The van der Waals surface area contributed by atoms with Crippen molar-refractivity contribution in [3.8, 4) is 0 Å². The van der Waals surface area contributed by atoms with Crippen LogP contribution in [0.15, 0.2) is 17.1 Å². The molecule has 1 spiro atoms. The van der Waals surface area contributed by atoms with Crippen molar-refractivity contribution in [1.82, 2.24) is 19.7 Å². The number of ether oxygens (including phenoxy) is 1. The number of pyridine rings is 1. The highest BCUT2D eigenvalue weighted by molar-refractivity contribution is 6.05. The first-order valence-electron chi connectivity index (χ1n) is 12.3. The fourth-order valence-electron chi connectivity index (χ4n) is 5.90. The molecule has 1 N–H and O–H groups in total. The van der Waals surface area contributed by atoms with E-state index in [-0.39, 0.29) is 54.3 Å². The van der Waals surface area contributed by atoms with Crippen molar-refractivity contribution in [2.24, 2.45) is 5.41 Å². The highest BCUT2D eigenvalue weighted by Crippen LogP contribution is 2.54. The molecule has 0 radical (unpaired) electrons. The predicted octanol–water partition coefficient (Wildman–Crippen LogP) is 1.96. The van der Waals surface area contributed by atoms with E-state index in [0.29, 0.717) is 24.2 Å². The van der Waals surface area contributed by atoms with Crippen LogP contribution in [0.25, 0.3) is 0 Å². The first-order chi connectivity index (χ1) is 16.5. The van der Waals surface area contributed by atoms with Gasteiger partial charge < -0.3 is 19.1 Å². The van der Waals surface area contributed by atoms with Gasteiger partial charge in [-0.25, -0.2) is 4.79 Å². The summed E-state index contributed by atoms with van der Waals surface area (Å²) in [7, 11) is 0. The summed E-state index contributed by atoms with van der Waals surface area (Å²) in [5.74, 6) is -1.16. The van der Waals surface area contributed by atoms with Crippen LogP contribution in [0.1, 0.15) is 81.3 Å². The standard InChI is InChI=1S/C25H32N4O6/c1-24(2,3)35-23(34)27-10-7-25(8-11-27)12-15(13-25)28-9-6-16-17(22(28)33)14-29(21(16)32)18-4-5-19(30)26-20(18)31/h6,9,15,18H,4-5,7-8,10-14H2,1-3H3,(H,26,30,31)/t18-/m0/s1. The molecule has 1 aromatic rings. The van der Waals surface area contributed by atoms with Crippen molar-refractivity contribution in [1.29, 1.82) is 0 Å². The second-order valence-corrected chi connectivity index (χ2v) is 11.3. The molecule has 10 heteroatoms. The van der Waals surface area contributed by atoms with Crippen molar-refractivity contribution in [2.75, 3.05) is 13.1 Å². The molecule has 1 saturated carbocycles. The van der Waals surface area contributed by atoms with Crippen molar-refractivity contribution in [2.45, 2.75) is 83.5 Å². The van der Waals surface area contributed by atoms with E-state index in [1.165, 1.54) is 4.90 Å². The maximum absolute atomic E-state index is 13.3. The SMILES string of the molecule is CC(C)(C)OC(=O)N1CCC2(CC1)CC(n1ccc3c(c1=O)CN([C@H]1CCC(=O)NC1=O)C3=O)C2. The molecule has 0 aromatic carbocycles. The Labute approximate surface area is 203 Å². The molecule has 3 fully saturated rings. The molecule has 10 nitrogen and oxygen atoms in total. The van der Waals surface area contributed by atoms with Gasteiger partial charge in [0.25, 0.3) is 11.5 Å². The lowest BCUT2D eigenvalue weighted by molar-refractivity contribution is -0.136. The zero-order valence-corrected chi connectivity index (χ0v) is 20.5. The summed E-state index contributed by atoms with van der Waals surface area (Å²) in [5, 5.41) is 2.28. The summed E-state index contributed by atoms with van der Waals surface area (Å²) in [5.41, 5.74) is 0.184. The molecule has 0 unspecified atom stereocenters. The Morgan fingerprint density at radius 2 is 1.80 bits per heavy atom. The van der Waals surface area contributed by atoms with Gasteiger partial charge in [-0.2, -0.15) is 0 Å². The first kappa shape index (κ1) is 23.6. The molecule has 0 bridgehead atoms. The number of carbonyl (C=O) groups is 4. The quantitative estimate of drug-likeness (QED) is 0.641. The predicted molar refractivity (Wildman–Crippen MR) is 124 cm³/mol. The Morgan fingerprint density at radius 3 is 2.43 bits per heavy atom. The van der Waals surface area contributed by atoms with Gasteiger partial charge in [0.1, 0.15) is 11.6 Å². The van der Waals surface area contributed by atoms with E-state index < -0.39 is 17.6 Å². The molecule has 4 aliphatic rings. The van der Waals surface area contributed by atoms with Gasteiger partial charge in [0.05, 0.1) is 12.1 Å². The Kier molecular flexibility index (Phi) is 5.52. The number of hydrogen-bond acceptors (Lipinski definition) is 6. The minimum atomic E-state index is -0.734. The van der Waals surface area contributed by atoms with E-state index in [2.05, 4.69) is 5.32 Å². The van der Waals surface area contributed by atoms with Crippen LogP contribution >= 0.6 is 0 Å². The summed E-state index contributed by atoms with van der Waals surface area (Å²) in [6, 6.07) is 1.00. The molecule has 1 aromatic heterocycles. The molecular weight excluding hydrogens is 452 g/mol. The number of fused-ring (bicyclic) bond motifs is 1. The Balaban J connectivity index is 1.23. The van der Waals surface area contributed by atoms with Gasteiger partial charge >= 0.3 is 6.09 Å². The van der Waals surface area contributed by atoms with Gasteiger partial charge in [-0.05, 0) is 64.4 Å². The van der Waals surface area contributed by atoms with Crippen molar-refractivity contribution in [3.05, 3.63) is 33.7 Å². The smallest absolute Gasteiger partial charge is 0.410 e. The molecule has 3 aliphatic heterocycles. The fraction of sp³-hybridized carbons (Fsp3) is 0.640. The highest BCUT2D eigenvalue weighted by atomic mass is 16.6. The van der Waals surface area contributed by atoms with E-state index in [0.717, 1.165) is 25.7 Å². The van der Waals surface area contributed by atoms with Crippen LogP contribution < -0.4 is 10.9 Å². The normalized spacial score (nSPS) is 24.3. The van der Waals surface area contributed by atoms with Crippen LogP contribution in [-0.2, 0) is 20.9 Å². The minimum absolute atomic E-state index is 0.0561. The number of likely N-dealkylation sites (tertiary alicyclic amines) is 1. The summed E-state index contributed by atoms with van der Waals surface area (Å²) < 4.78 is 7.21. The lowest BCUT2D eigenvalue weighted by Gasteiger charge is -2.52. The third-order valence-corrected chi connectivity index (χ3v) is 7.83. The van der Waals surface area contributed by atoms with E-state index >= 15 is 0 Å². The maximum atomic E-state index is 13.3. The second-order valence-electron chi connectivity index (χ2n) is 11.3. The molecular formula is C25H32N4O6. The van der Waals surface area contributed by atoms with E-state index in [1.54, 1.807) is 21.7 Å². The van der Waals surface area contributed by atoms with Crippen molar-refractivity contribution < 1.29 is 23.9 Å². The number of hydrogen-bond donors (Lipinski definition) is 1. The van der Waals surface area contributed by atoms with Crippen LogP contribution in [0, 0.1) is 5.41 Å². The molecule has 35 heavy (non-hydrogen) atoms. The average molecular weight is 485 g/mol. The maximum Gasteiger partial charge on any atom is 0.410 e. The first-order valence-corrected chi connectivity index (χ1v) is 12.3. The number of imide groups is 1. The number of amides is 4. The van der Waals surface area contributed by atoms with Crippen LogP contribution in [-0.4, -0.2) is 62.9 Å². The van der Waals surface area contributed by atoms with E-state index in [1.807, 2.05) is 20.8 Å². The number of aromatic nitrogens is 1. The molecule has 1 atom stereocenters. The number of nitrogens with one attached hydrogen (secondary N) is 1. The Hall–Kier alpha value is -3.17. The van der Waals surface area contributed by atoms with Gasteiger partial charge in [-0.15, -0.1) is 0 Å². The average Bonchev–Trinajstić information content (AvgIpc) is 3.09. The molecule has 188 valence electrons. The second kappa shape index (κ2) is 8.20. The van der Waals surface area contributed by atoms with Crippen LogP contribution in [0.4, 0.5) is 4.79 Å². The zero-order valence-electron chi connectivity index (χ0n) is 20.5. The monoisotopic (exact) mass is 484 g/mol. The van der Waals surface area contributed by atoms with E-state index in [4.69, 9.17) is 4.74 Å². The Morgan fingerprint density at radius 1 is 1.11 bits per heavy atom. The highest BCUT2D eigenvalue weighted by Gasteiger charge is 2.48. The topological polar surface area (TPSA) is 118 Å². The summed E-state index contributed by atoms with van der Waals surface area (Å²) in [6.45, 7) is 6.96. The molecule has 2 saturated heterocycles. The van der Waals surface area contributed by atoms with Gasteiger partial charge in [0.15, 0.2) is 0 Å². The number of nitrogens with zero attached hydrogens (tertiary/aromatic N) is 3. The lowest BCUT2D eigenvalue weighted by atomic mass is 9.60. The van der Waals surface area contributed by atoms with Gasteiger partial charge in [0, 0.05) is 37.3 Å². The zero-order chi connectivity index (χ0) is 25.1. The van der Waals surface area contributed by atoms with Gasteiger partial charge in [0.2, 0.25) is 11.8 Å². The largest absolute Gasteiger partial charge is 0.444 e. The fourth-order valence-corrected chi connectivity index (χ4v) is 5.90. The molecule has 5 rings (SSSR count). The third-order valence-electron chi connectivity index (χ3n) is 7.83. The number of rotatable bonds is 2. The van der Waals surface area contributed by atoms with Crippen molar-refractivity contribution >= 4 is 23.8 Å². The minimum Gasteiger partial charge on any atom is -0.444 e. The van der Waals surface area contributed by atoms with Crippen molar-refractivity contribution in [3.63, 3.8) is 0 Å². The summed E-state index contributed by atoms with van der Waals surface area (Å²) in [6.07, 6.45) is 5.34. The van der Waals surface area contributed by atoms with E-state index in [9.17, 15) is 24.0 Å². The lowest BCUT2D eigenvalue weighted by Crippen LogP contribution is -2.52.